The number of nitrogens with zero attached hydrogens (tertiary/aromatic N) is 5. The van der Waals surface area contributed by atoms with Crippen molar-refractivity contribution >= 4 is 70.9 Å². The fraction of sp³-hybridized carbons (Fsp3) is 0.0149. The van der Waals surface area contributed by atoms with Crippen LogP contribution in [0.25, 0.3) is 122 Å². The average molecular weight is 1130 g/mol. The van der Waals surface area contributed by atoms with Gasteiger partial charge < -0.3 is 4.40 Å². The van der Waals surface area contributed by atoms with Crippen molar-refractivity contribution in [2.75, 3.05) is 0 Å². The molecular formula is C67H41N5OPt-2. The summed E-state index contributed by atoms with van der Waals surface area (Å²) in [6, 6.07) is 84.3. The molecule has 0 radical (unpaired) electrons. The van der Waals surface area contributed by atoms with Crippen molar-refractivity contribution in [3.05, 3.63) is 252 Å². The predicted octanol–water partition coefficient (Wildman–Crippen LogP) is 16.8. The maximum absolute atomic E-state index is 8.80. The number of aromatic nitrogens is 5. The first kappa shape index (κ1) is 39.5. The molecule has 0 amide bonds. The van der Waals surface area contributed by atoms with Crippen LogP contribution in [-0.2, 0) is 19.4 Å². The van der Waals surface area contributed by atoms with E-state index in [9.17, 15) is 0 Å². The summed E-state index contributed by atoms with van der Waals surface area (Å²) in [5.74, 6) is 1.43. The van der Waals surface area contributed by atoms with Crippen LogP contribution in [0.4, 0.5) is 0 Å². The van der Waals surface area contributed by atoms with Crippen molar-refractivity contribution in [2.24, 2.45) is 0 Å². The molecule has 0 aliphatic rings. The van der Waals surface area contributed by atoms with E-state index in [0.717, 1.165) is 86.7 Å². The number of rotatable bonds is 8. The Morgan fingerprint density at radius 2 is 1.03 bits per heavy atom. The molecule has 0 fully saturated rings. The quantitative estimate of drug-likeness (QED) is 0.142. The van der Waals surface area contributed by atoms with Crippen molar-refractivity contribution in [2.45, 2.75) is 6.85 Å². The van der Waals surface area contributed by atoms with Gasteiger partial charge in [0.2, 0.25) is 0 Å². The van der Waals surface area contributed by atoms with Crippen LogP contribution in [0, 0.1) is 22.8 Å². The van der Waals surface area contributed by atoms with Crippen LogP contribution in [-0.4, -0.2) is 23.1 Å². The zero-order valence-electron chi connectivity index (χ0n) is 42.4. The molecule has 6 nitrogen and oxygen atoms in total. The molecule has 10 aromatic carbocycles. The number of hydrogen-bond donors (Lipinski definition) is 0. The molecule has 5 aromatic heterocycles. The van der Waals surface area contributed by atoms with Gasteiger partial charge in [0.15, 0.2) is 0 Å². The van der Waals surface area contributed by atoms with E-state index < -0.39 is 6.85 Å². The maximum atomic E-state index is 8.80. The fourth-order valence-corrected chi connectivity index (χ4v) is 12.4. The van der Waals surface area contributed by atoms with Crippen LogP contribution in [0.2, 0.25) is 0 Å². The van der Waals surface area contributed by atoms with Gasteiger partial charge in [-0.2, -0.15) is 0 Å². The van der Waals surface area contributed by atoms with Gasteiger partial charge in [0.25, 0.3) is 0 Å². The van der Waals surface area contributed by atoms with Crippen LogP contribution in [0.1, 0.15) is 9.68 Å². The summed E-state index contributed by atoms with van der Waals surface area (Å²) in [5, 5.41) is 6.59. The van der Waals surface area contributed by atoms with E-state index in [1.807, 2.05) is 53.1 Å². The minimum absolute atomic E-state index is 0.211. The monoisotopic (exact) mass is 1130 g/mol. The fourth-order valence-electron chi connectivity index (χ4n) is 11.3. The van der Waals surface area contributed by atoms with Crippen LogP contribution >= 0.6 is 0 Å². The predicted molar refractivity (Wildman–Crippen MR) is 298 cm³/mol. The van der Waals surface area contributed by atoms with Gasteiger partial charge in [0, 0.05) is 37.4 Å². The van der Waals surface area contributed by atoms with Gasteiger partial charge in [0.05, 0.1) is 16.6 Å². The van der Waals surface area contributed by atoms with Gasteiger partial charge in [0.1, 0.15) is 0 Å². The van der Waals surface area contributed by atoms with Gasteiger partial charge >= 0.3 is 294 Å². The minimum atomic E-state index is -2.43. The van der Waals surface area contributed by atoms with Crippen molar-refractivity contribution in [3.8, 4) is 62.1 Å². The van der Waals surface area contributed by atoms with Gasteiger partial charge in [-0.1, -0.05) is 66.7 Å². The first-order chi connectivity index (χ1) is 37.8. The number of para-hydroxylation sites is 5. The summed E-state index contributed by atoms with van der Waals surface area (Å²) in [5.41, 5.74) is 14.9. The molecule has 0 aliphatic carbocycles. The zero-order valence-corrected chi connectivity index (χ0v) is 41.7. The Morgan fingerprint density at radius 1 is 0.446 bits per heavy atom. The molecule has 0 saturated carbocycles. The Balaban J connectivity index is 0.909. The van der Waals surface area contributed by atoms with Crippen LogP contribution in [0.3, 0.4) is 0 Å². The second-order valence-electron chi connectivity index (χ2n) is 18.7. The molecule has 0 N–H and O–H groups in total. The molecule has 7 heteroatoms. The molecule has 0 spiro atoms. The summed E-state index contributed by atoms with van der Waals surface area (Å²) in [7, 11) is 0. The molecule has 5 heterocycles. The molecule has 352 valence electrons. The van der Waals surface area contributed by atoms with E-state index in [1.165, 1.54) is 21.7 Å². The summed E-state index contributed by atoms with van der Waals surface area (Å²) in [6.07, 6.45) is 1.69. The standard InChI is InChI=1S/C67H41N5O.Pt/c1-43-36-65(68-41-58(43)46-22-9-4-10-23-46)71-62-38-49(34-35-53(62)56-39-57-55-30-17-29-54-52-26-11-12-31-59(52)72(67(54)55)64(57)40-63(56)71)73-48-25-15-24-47(37-48)69-42-70(61-33-14-13-32-60(61)69)66-50(44-18-5-2-6-19-44)27-16-28-51(66)45-20-7-3-8-21-45;/h2-36,39-41H,1H3;/q-2;/i1D3;. The first-order valence-electron chi connectivity index (χ1n) is 26.0. The van der Waals surface area contributed by atoms with Crippen LogP contribution < -0.4 is 4.74 Å². The van der Waals surface area contributed by atoms with E-state index in [1.54, 1.807) is 12.3 Å². The van der Waals surface area contributed by atoms with Gasteiger partial charge in [-0.3, -0.25) is 0 Å². The molecule has 0 aliphatic heterocycles. The first-order valence-corrected chi connectivity index (χ1v) is 25.7. The van der Waals surface area contributed by atoms with Gasteiger partial charge in [-0.25, -0.2) is 0 Å². The van der Waals surface area contributed by atoms with Crippen LogP contribution in [0.15, 0.2) is 231 Å². The molecule has 15 aromatic rings. The van der Waals surface area contributed by atoms with Gasteiger partial charge in [-0.05, 0) is 24.0 Å². The van der Waals surface area contributed by atoms with E-state index in [2.05, 4.69) is 215 Å². The Morgan fingerprint density at radius 3 is 1.74 bits per heavy atom. The molecule has 15 rings (SSSR count). The third-order valence-electron chi connectivity index (χ3n) is 14.5. The van der Waals surface area contributed by atoms with Crippen molar-refractivity contribution < 1.29 is 28.2 Å². The van der Waals surface area contributed by atoms with E-state index in [0.29, 0.717) is 28.4 Å². The summed E-state index contributed by atoms with van der Waals surface area (Å²) in [4.78, 5) is 5.08. The molecule has 74 heavy (non-hydrogen) atoms. The summed E-state index contributed by atoms with van der Waals surface area (Å²) in [6.45, 7) is -2.43. The third kappa shape index (κ3) is 6.48. The number of pyridine rings is 1. The molecule has 0 atom stereocenters. The zero-order chi connectivity index (χ0) is 51.5. The number of fused-ring (bicyclic) bond motifs is 10. The van der Waals surface area contributed by atoms with E-state index in [-0.39, 0.29) is 5.56 Å². The minimum Gasteiger partial charge on any atom is -0.0622 e. The smallest absolute Gasteiger partial charge is 0.0622 e. The Kier molecular flexibility index (Phi) is 8.94. The molecular weight excluding hydrogens is 1090 g/mol. The average Bonchev–Trinajstić information content (AvgIpc) is 4.35. The van der Waals surface area contributed by atoms with Crippen molar-refractivity contribution in [3.63, 3.8) is 0 Å². The number of imidazole rings is 1. The van der Waals surface area contributed by atoms with Crippen molar-refractivity contribution in [1.29, 1.82) is 0 Å². The molecule has 0 unspecified atom stereocenters. The Labute approximate surface area is 440 Å². The second-order valence-corrected chi connectivity index (χ2v) is 19.7. The van der Waals surface area contributed by atoms with Gasteiger partial charge in [-0.15, -0.1) is 0 Å². The van der Waals surface area contributed by atoms with Crippen molar-refractivity contribution in [1.82, 2.24) is 23.1 Å². The topological polar surface area (TPSA) is 41.3 Å². The molecule has 0 bridgehead atoms. The van der Waals surface area contributed by atoms with E-state index >= 15 is 0 Å². The second kappa shape index (κ2) is 16.7. The number of aryl methyl sites for hydroxylation is 1. The summed E-state index contributed by atoms with van der Waals surface area (Å²) >= 11 is 2.45. The number of ether oxygens (including phenoxy) is 1. The van der Waals surface area contributed by atoms with E-state index in [4.69, 9.17) is 13.8 Å². The number of benzene rings is 10. The Bertz CT molecular complexity index is 4850. The SMILES string of the molecule is [2H]C([2H])([2H])c1cc(-n2c3[c-]c(Oc4[c-]c(-n5[c](=[Pt])n(-c6c(-c7ccccc7)cccc6-c6ccccc6)c6ccccc65)ccc4)ccc3c3cc4c5cccc6c7ccccc7n(c4cc32)c65)ncc1-c1ccccc1. The number of hydrogen-bond acceptors (Lipinski definition) is 2. The normalized spacial score (nSPS) is 12.7. The third-order valence-corrected chi connectivity index (χ3v) is 15.6. The summed E-state index contributed by atoms with van der Waals surface area (Å²) < 4.78 is 43.2. The molecule has 0 saturated heterocycles. The Hall–Kier alpha value is -9.09. The van der Waals surface area contributed by atoms with Crippen LogP contribution in [0.5, 0.6) is 11.5 Å².